The number of halogens is 3. The van der Waals surface area contributed by atoms with E-state index in [0.717, 1.165) is 25.3 Å². The first kappa shape index (κ1) is 21.2. The molecule has 0 radical (unpaired) electrons. The summed E-state index contributed by atoms with van der Waals surface area (Å²) in [5, 5.41) is 1.71. The Morgan fingerprint density at radius 3 is 2.52 bits per heavy atom. The highest BCUT2D eigenvalue weighted by Gasteiger charge is 2.29. The fourth-order valence-electron chi connectivity index (χ4n) is 2.66. The molecule has 0 aliphatic carbocycles. The lowest BCUT2D eigenvalue weighted by molar-refractivity contribution is -0.135. The summed E-state index contributed by atoms with van der Waals surface area (Å²) in [6.07, 6.45) is 0.199. The second-order valence-corrected chi connectivity index (χ2v) is 7.95. The van der Waals surface area contributed by atoms with Crippen molar-refractivity contribution in [2.45, 2.75) is 30.3 Å². The predicted octanol–water partition coefficient (Wildman–Crippen LogP) is 2.56. The summed E-state index contributed by atoms with van der Waals surface area (Å²) in [4.78, 5) is 11.4. The van der Waals surface area contributed by atoms with E-state index in [-0.39, 0.29) is 10.6 Å². The lowest BCUT2D eigenvalue weighted by Crippen LogP contribution is -2.35. The van der Waals surface area contributed by atoms with Crippen LogP contribution in [0.2, 0.25) is 0 Å². The highest BCUT2D eigenvalue weighted by molar-refractivity contribution is 7.89. The molecule has 0 saturated carbocycles. The minimum absolute atomic E-state index is 0.0373. The molecule has 2 rings (SSSR count). The van der Waals surface area contributed by atoms with Crippen molar-refractivity contribution in [2.75, 3.05) is 26.7 Å². The number of carbonyl (C=O) groups is 1. The maximum absolute atomic E-state index is 12.9. The predicted molar refractivity (Wildman–Crippen MR) is 93.7 cm³/mol. The van der Waals surface area contributed by atoms with Crippen molar-refractivity contribution in [2.24, 2.45) is 0 Å². The van der Waals surface area contributed by atoms with Crippen molar-refractivity contribution in [3.63, 3.8) is 0 Å². The van der Waals surface area contributed by atoms with Crippen LogP contribution < -0.4 is 10.1 Å². The fraction of sp³-hybridized carbons (Fsp3) is 0.471. The number of ether oxygens (including phenoxy) is 1. The summed E-state index contributed by atoms with van der Waals surface area (Å²) in [7, 11) is -2.42. The number of hydrogen-bond acceptors (Lipinski definition) is 4. The van der Waals surface area contributed by atoms with Crippen LogP contribution in [0.25, 0.3) is 6.08 Å². The van der Waals surface area contributed by atoms with Crippen LogP contribution in [0.4, 0.5) is 13.2 Å². The first-order valence-corrected chi connectivity index (χ1v) is 9.78. The minimum Gasteiger partial charge on any atom is -0.495 e. The van der Waals surface area contributed by atoms with Gasteiger partial charge >= 0.3 is 6.18 Å². The van der Waals surface area contributed by atoms with E-state index in [9.17, 15) is 26.4 Å². The molecule has 1 aliphatic rings. The van der Waals surface area contributed by atoms with Crippen molar-refractivity contribution in [3.8, 4) is 5.75 Å². The molecule has 1 aliphatic heterocycles. The van der Waals surface area contributed by atoms with E-state index in [2.05, 4.69) is 0 Å². The Morgan fingerprint density at radius 2 is 1.93 bits per heavy atom. The average Bonchev–Trinajstić information content (AvgIpc) is 2.64. The summed E-state index contributed by atoms with van der Waals surface area (Å²) in [5.41, 5.74) is 0.355. The standard InChI is InChI=1S/C17H21F3N2O4S/c1-26-14-7-5-13(6-8-16(23)21-12-17(18,19)20)11-15(14)27(24,25)22-9-3-2-4-10-22/h5-8,11H,2-4,9-10,12H2,1H3,(H,21,23)/b8-6+. The van der Waals surface area contributed by atoms with Crippen LogP contribution in [-0.2, 0) is 14.8 Å². The molecule has 10 heteroatoms. The van der Waals surface area contributed by atoms with Gasteiger partial charge in [0.05, 0.1) is 7.11 Å². The maximum Gasteiger partial charge on any atom is 0.405 e. The average molecular weight is 406 g/mol. The molecule has 27 heavy (non-hydrogen) atoms. The molecule has 0 aromatic heterocycles. The zero-order chi connectivity index (χ0) is 20.1. The van der Waals surface area contributed by atoms with Crippen LogP contribution in [0.1, 0.15) is 24.8 Å². The summed E-state index contributed by atoms with van der Waals surface area (Å²) >= 11 is 0. The molecule has 0 bridgehead atoms. The SMILES string of the molecule is COc1ccc(/C=C/C(=O)NCC(F)(F)F)cc1S(=O)(=O)N1CCCCC1. The van der Waals surface area contributed by atoms with Crippen molar-refractivity contribution >= 4 is 22.0 Å². The van der Waals surface area contributed by atoms with Gasteiger partial charge in [-0.2, -0.15) is 17.5 Å². The molecule has 0 atom stereocenters. The number of nitrogens with zero attached hydrogens (tertiary/aromatic N) is 1. The van der Waals surface area contributed by atoms with Crippen LogP contribution in [0.5, 0.6) is 5.75 Å². The van der Waals surface area contributed by atoms with Gasteiger partial charge in [0.2, 0.25) is 15.9 Å². The molecule has 1 aromatic rings. The molecule has 0 spiro atoms. The minimum atomic E-state index is -4.50. The third kappa shape index (κ3) is 5.96. The van der Waals surface area contributed by atoms with Gasteiger partial charge < -0.3 is 10.1 Å². The van der Waals surface area contributed by atoms with E-state index in [1.54, 1.807) is 5.32 Å². The number of nitrogens with one attached hydrogen (secondary N) is 1. The number of rotatable bonds is 6. The van der Waals surface area contributed by atoms with Gasteiger partial charge in [0.1, 0.15) is 17.2 Å². The Kier molecular flexibility index (Phi) is 6.88. The Labute approximate surface area is 156 Å². The second-order valence-electron chi connectivity index (χ2n) is 6.04. The van der Waals surface area contributed by atoms with Gasteiger partial charge in [-0.05, 0) is 36.6 Å². The number of carbonyl (C=O) groups excluding carboxylic acids is 1. The van der Waals surface area contributed by atoms with Crippen LogP contribution >= 0.6 is 0 Å². The van der Waals surface area contributed by atoms with Gasteiger partial charge in [-0.25, -0.2) is 8.42 Å². The lowest BCUT2D eigenvalue weighted by atomic mass is 10.2. The van der Waals surface area contributed by atoms with E-state index >= 15 is 0 Å². The molecule has 1 N–H and O–H groups in total. The Bertz CT molecular complexity index is 801. The molecule has 1 fully saturated rings. The third-order valence-electron chi connectivity index (χ3n) is 4.01. The zero-order valence-corrected chi connectivity index (χ0v) is 15.6. The van der Waals surface area contributed by atoms with Crippen molar-refractivity contribution in [1.82, 2.24) is 9.62 Å². The molecule has 6 nitrogen and oxygen atoms in total. The fourth-order valence-corrected chi connectivity index (χ4v) is 4.37. The van der Waals surface area contributed by atoms with Crippen LogP contribution in [0, 0.1) is 0 Å². The van der Waals surface area contributed by atoms with Crippen molar-refractivity contribution in [3.05, 3.63) is 29.8 Å². The molecule has 1 amide bonds. The number of benzene rings is 1. The monoisotopic (exact) mass is 406 g/mol. The quantitative estimate of drug-likeness (QED) is 0.737. The Hall–Kier alpha value is -2.07. The van der Waals surface area contributed by atoms with E-state index in [1.165, 1.54) is 35.7 Å². The normalized spacial score (nSPS) is 16.4. The van der Waals surface area contributed by atoms with Crippen LogP contribution in [-0.4, -0.2) is 51.6 Å². The smallest absolute Gasteiger partial charge is 0.405 e. The molecule has 1 aromatic carbocycles. The molecule has 150 valence electrons. The van der Waals surface area contributed by atoms with Gasteiger partial charge in [-0.1, -0.05) is 12.5 Å². The lowest BCUT2D eigenvalue weighted by Gasteiger charge is -2.26. The van der Waals surface area contributed by atoms with Crippen molar-refractivity contribution in [1.29, 1.82) is 0 Å². The molecular formula is C17H21F3N2O4S. The van der Waals surface area contributed by atoms with Gasteiger partial charge in [0.15, 0.2) is 0 Å². The summed E-state index contributed by atoms with van der Waals surface area (Å²) in [6, 6.07) is 4.31. The number of methoxy groups -OCH3 is 1. The number of hydrogen-bond donors (Lipinski definition) is 1. The molecular weight excluding hydrogens is 385 g/mol. The number of sulfonamides is 1. The highest BCUT2D eigenvalue weighted by Crippen LogP contribution is 2.30. The maximum atomic E-state index is 12.9. The second kappa shape index (κ2) is 8.75. The first-order valence-electron chi connectivity index (χ1n) is 8.34. The van der Waals surface area contributed by atoms with E-state index in [0.29, 0.717) is 18.7 Å². The summed E-state index contributed by atoms with van der Waals surface area (Å²) in [6.45, 7) is -0.593. The number of piperidine rings is 1. The van der Waals surface area contributed by atoms with Crippen LogP contribution in [0.15, 0.2) is 29.2 Å². The Balaban J connectivity index is 2.22. The van der Waals surface area contributed by atoms with Gasteiger partial charge in [-0.3, -0.25) is 4.79 Å². The summed E-state index contributed by atoms with van der Waals surface area (Å²) in [5.74, 6) is -0.761. The Morgan fingerprint density at radius 1 is 1.26 bits per heavy atom. The zero-order valence-electron chi connectivity index (χ0n) is 14.8. The van der Waals surface area contributed by atoms with Crippen LogP contribution in [0.3, 0.4) is 0 Å². The number of alkyl halides is 3. The van der Waals surface area contributed by atoms with Gasteiger partial charge in [0, 0.05) is 19.2 Å². The van der Waals surface area contributed by atoms with Crippen molar-refractivity contribution < 1.29 is 31.1 Å². The van der Waals surface area contributed by atoms with Gasteiger partial charge in [0.25, 0.3) is 0 Å². The summed E-state index contributed by atoms with van der Waals surface area (Å²) < 4.78 is 68.6. The van der Waals surface area contributed by atoms with E-state index in [4.69, 9.17) is 4.74 Å². The molecule has 1 heterocycles. The van der Waals surface area contributed by atoms with E-state index < -0.39 is 28.7 Å². The first-order chi connectivity index (χ1) is 12.6. The molecule has 0 unspecified atom stereocenters. The highest BCUT2D eigenvalue weighted by atomic mass is 32.2. The molecule has 1 saturated heterocycles. The number of amides is 1. The largest absolute Gasteiger partial charge is 0.495 e. The topological polar surface area (TPSA) is 75.7 Å². The van der Waals surface area contributed by atoms with Gasteiger partial charge in [-0.15, -0.1) is 0 Å². The van der Waals surface area contributed by atoms with E-state index in [1.807, 2.05) is 0 Å². The third-order valence-corrected chi connectivity index (χ3v) is 5.93.